The van der Waals surface area contributed by atoms with E-state index in [1.165, 1.54) is 6.07 Å². The average molecular weight is 376 g/mol. The van der Waals surface area contributed by atoms with Crippen LogP contribution in [0.3, 0.4) is 0 Å². The Balaban J connectivity index is 1.50. The highest BCUT2D eigenvalue weighted by Gasteiger charge is 2.27. The van der Waals surface area contributed by atoms with Crippen LogP contribution in [0.2, 0.25) is 0 Å². The molecule has 8 nitrogen and oxygen atoms in total. The number of hydrogen-bond donors (Lipinski definition) is 1. The zero-order chi connectivity index (χ0) is 19.5. The number of nitrogens with one attached hydrogen (secondary N) is 1. The van der Waals surface area contributed by atoms with Crippen molar-refractivity contribution in [2.75, 3.05) is 13.1 Å². The lowest BCUT2D eigenvalue weighted by Crippen LogP contribution is -2.39. The molecule has 0 spiro atoms. The SMILES string of the molecule is Cc1nc([C@@H]2CCCN(C(=O)c3cnc(-c4cccnc4)nc3)C2)cc(=O)[nH]1. The van der Waals surface area contributed by atoms with E-state index in [-0.39, 0.29) is 17.4 Å². The van der Waals surface area contributed by atoms with Gasteiger partial charge in [-0.3, -0.25) is 14.6 Å². The second kappa shape index (κ2) is 7.67. The van der Waals surface area contributed by atoms with E-state index in [4.69, 9.17) is 0 Å². The zero-order valence-corrected chi connectivity index (χ0v) is 15.5. The quantitative estimate of drug-likeness (QED) is 0.749. The first-order chi connectivity index (χ1) is 13.6. The Hall–Kier alpha value is -3.42. The Kier molecular flexibility index (Phi) is 4.92. The number of aromatic nitrogens is 5. The molecule has 0 radical (unpaired) electrons. The van der Waals surface area contributed by atoms with E-state index in [1.807, 2.05) is 12.1 Å². The summed E-state index contributed by atoms with van der Waals surface area (Å²) in [4.78, 5) is 46.2. The summed E-state index contributed by atoms with van der Waals surface area (Å²) in [6, 6.07) is 5.21. The molecular weight excluding hydrogens is 356 g/mol. The summed E-state index contributed by atoms with van der Waals surface area (Å²) in [6.45, 7) is 2.96. The second-order valence-corrected chi connectivity index (χ2v) is 6.88. The minimum Gasteiger partial charge on any atom is -0.338 e. The molecule has 28 heavy (non-hydrogen) atoms. The van der Waals surface area contributed by atoms with Gasteiger partial charge in [0, 0.05) is 55.4 Å². The average Bonchev–Trinajstić information content (AvgIpc) is 2.73. The van der Waals surface area contributed by atoms with Crippen LogP contribution >= 0.6 is 0 Å². The molecule has 0 bridgehead atoms. The third-order valence-electron chi connectivity index (χ3n) is 4.83. The van der Waals surface area contributed by atoms with Crippen molar-refractivity contribution >= 4 is 5.91 Å². The predicted molar refractivity (Wildman–Crippen MR) is 103 cm³/mol. The highest BCUT2D eigenvalue weighted by Crippen LogP contribution is 2.26. The molecule has 1 fully saturated rings. The number of carbonyl (C=O) groups is 1. The standard InChI is InChI=1S/C20H20N6O2/c1-13-24-17(8-18(27)25-13)15-5-3-7-26(12-15)20(28)16-10-22-19(23-11-16)14-4-2-6-21-9-14/h2,4,6,8-11,15H,3,5,7,12H2,1H3,(H,24,25,27)/t15-/m1/s1. The fraction of sp³-hybridized carbons (Fsp3) is 0.300. The molecule has 142 valence electrons. The lowest BCUT2D eigenvalue weighted by Gasteiger charge is -2.32. The van der Waals surface area contributed by atoms with Crippen molar-refractivity contribution < 1.29 is 4.79 Å². The van der Waals surface area contributed by atoms with Crippen LogP contribution in [0.25, 0.3) is 11.4 Å². The van der Waals surface area contributed by atoms with E-state index < -0.39 is 0 Å². The number of H-pyrrole nitrogens is 1. The Morgan fingerprint density at radius 2 is 2.07 bits per heavy atom. The number of carbonyl (C=O) groups excluding carboxylic acids is 1. The maximum Gasteiger partial charge on any atom is 0.257 e. The van der Waals surface area contributed by atoms with Crippen molar-refractivity contribution in [1.82, 2.24) is 29.8 Å². The summed E-state index contributed by atoms with van der Waals surface area (Å²) in [5, 5.41) is 0. The van der Waals surface area contributed by atoms with Crippen LogP contribution in [0.5, 0.6) is 0 Å². The van der Waals surface area contributed by atoms with Gasteiger partial charge in [-0.25, -0.2) is 15.0 Å². The van der Waals surface area contributed by atoms with Crippen LogP contribution in [-0.4, -0.2) is 48.8 Å². The van der Waals surface area contributed by atoms with Gasteiger partial charge in [0.2, 0.25) is 0 Å². The largest absolute Gasteiger partial charge is 0.338 e. The van der Waals surface area contributed by atoms with Crippen molar-refractivity contribution in [3.8, 4) is 11.4 Å². The molecule has 3 aromatic heterocycles. The fourth-order valence-electron chi connectivity index (χ4n) is 3.48. The molecule has 8 heteroatoms. The van der Waals surface area contributed by atoms with Gasteiger partial charge in [-0.1, -0.05) is 0 Å². The lowest BCUT2D eigenvalue weighted by atomic mass is 9.94. The van der Waals surface area contributed by atoms with E-state index in [2.05, 4.69) is 24.9 Å². The van der Waals surface area contributed by atoms with Crippen molar-refractivity contribution in [1.29, 1.82) is 0 Å². The van der Waals surface area contributed by atoms with E-state index in [9.17, 15) is 9.59 Å². The zero-order valence-electron chi connectivity index (χ0n) is 15.5. The van der Waals surface area contributed by atoms with Crippen molar-refractivity contribution in [2.45, 2.75) is 25.7 Å². The Labute approximate surface area is 161 Å². The van der Waals surface area contributed by atoms with Crippen molar-refractivity contribution in [3.05, 3.63) is 70.4 Å². The molecule has 1 N–H and O–H groups in total. The summed E-state index contributed by atoms with van der Waals surface area (Å²) < 4.78 is 0. The van der Waals surface area contributed by atoms with E-state index in [0.29, 0.717) is 30.3 Å². The number of amides is 1. The molecule has 0 saturated carbocycles. The number of nitrogens with zero attached hydrogens (tertiary/aromatic N) is 5. The topological polar surface area (TPSA) is 105 Å². The summed E-state index contributed by atoms with van der Waals surface area (Å²) in [5.74, 6) is 1.06. The summed E-state index contributed by atoms with van der Waals surface area (Å²) in [7, 11) is 0. The molecule has 1 saturated heterocycles. The number of likely N-dealkylation sites (tertiary alicyclic amines) is 1. The molecule has 0 aliphatic carbocycles. The Morgan fingerprint density at radius 1 is 1.25 bits per heavy atom. The number of aryl methyl sites for hydroxylation is 1. The normalized spacial score (nSPS) is 16.8. The van der Waals surface area contributed by atoms with Gasteiger partial charge < -0.3 is 9.88 Å². The number of piperidine rings is 1. The van der Waals surface area contributed by atoms with Crippen LogP contribution < -0.4 is 5.56 Å². The highest BCUT2D eigenvalue weighted by molar-refractivity contribution is 5.93. The molecule has 0 unspecified atom stereocenters. The van der Waals surface area contributed by atoms with Gasteiger partial charge in [-0.15, -0.1) is 0 Å². The van der Waals surface area contributed by atoms with Crippen LogP contribution in [0.1, 0.15) is 40.6 Å². The number of hydrogen-bond acceptors (Lipinski definition) is 6. The van der Waals surface area contributed by atoms with Crippen LogP contribution in [0.4, 0.5) is 0 Å². The summed E-state index contributed by atoms with van der Waals surface area (Å²) in [6.07, 6.45) is 8.23. The van der Waals surface area contributed by atoms with Gasteiger partial charge in [-0.05, 0) is 31.9 Å². The van der Waals surface area contributed by atoms with E-state index >= 15 is 0 Å². The first kappa shape index (κ1) is 18.0. The highest BCUT2D eigenvalue weighted by atomic mass is 16.2. The number of pyridine rings is 1. The van der Waals surface area contributed by atoms with Gasteiger partial charge >= 0.3 is 0 Å². The number of aromatic amines is 1. The van der Waals surface area contributed by atoms with Gasteiger partial charge in [-0.2, -0.15) is 0 Å². The second-order valence-electron chi connectivity index (χ2n) is 6.88. The Bertz CT molecular complexity index is 1030. The maximum atomic E-state index is 12.9. The van der Waals surface area contributed by atoms with Crippen molar-refractivity contribution in [3.63, 3.8) is 0 Å². The third-order valence-corrected chi connectivity index (χ3v) is 4.83. The van der Waals surface area contributed by atoms with Crippen LogP contribution in [-0.2, 0) is 0 Å². The first-order valence-corrected chi connectivity index (χ1v) is 9.20. The van der Waals surface area contributed by atoms with Crippen LogP contribution in [0.15, 0.2) is 47.8 Å². The van der Waals surface area contributed by atoms with Gasteiger partial charge in [0.05, 0.1) is 11.3 Å². The lowest BCUT2D eigenvalue weighted by molar-refractivity contribution is 0.0705. The molecule has 4 rings (SSSR count). The Morgan fingerprint density at radius 3 is 2.79 bits per heavy atom. The number of rotatable bonds is 3. The van der Waals surface area contributed by atoms with Gasteiger partial charge in [0.15, 0.2) is 5.82 Å². The summed E-state index contributed by atoms with van der Waals surface area (Å²) >= 11 is 0. The monoisotopic (exact) mass is 376 g/mol. The molecule has 1 amide bonds. The van der Waals surface area contributed by atoms with Crippen molar-refractivity contribution in [2.24, 2.45) is 0 Å². The van der Waals surface area contributed by atoms with Crippen LogP contribution in [0, 0.1) is 6.92 Å². The minimum atomic E-state index is -0.162. The maximum absolute atomic E-state index is 12.9. The summed E-state index contributed by atoms with van der Waals surface area (Å²) in [5.41, 5.74) is 1.82. The van der Waals surface area contributed by atoms with E-state index in [0.717, 1.165) is 24.1 Å². The smallest absolute Gasteiger partial charge is 0.257 e. The third kappa shape index (κ3) is 3.80. The molecule has 1 aliphatic heterocycles. The van der Waals surface area contributed by atoms with E-state index in [1.54, 1.807) is 36.6 Å². The molecule has 4 heterocycles. The van der Waals surface area contributed by atoms with Gasteiger partial charge in [0.1, 0.15) is 5.82 Å². The molecule has 1 aliphatic rings. The fourth-order valence-corrected chi connectivity index (χ4v) is 3.48. The van der Waals surface area contributed by atoms with Gasteiger partial charge in [0.25, 0.3) is 11.5 Å². The molecule has 0 aromatic carbocycles. The predicted octanol–water partition coefficient (Wildman–Crippen LogP) is 1.95. The minimum absolute atomic E-state index is 0.0503. The molecular formula is C20H20N6O2. The molecule has 1 atom stereocenters. The molecule has 3 aromatic rings. The first-order valence-electron chi connectivity index (χ1n) is 9.20.